The molecule has 0 aliphatic rings. The van der Waals surface area contributed by atoms with Gasteiger partial charge in [0.25, 0.3) is 10.0 Å². The zero-order valence-electron chi connectivity index (χ0n) is 11.6. The molecule has 128 valence electrons. The molecule has 0 bridgehead atoms. The monoisotopic (exact) mass is 366 g/mol. The first-order valence-corrected chi connectivity index (χ1v) is 8.63. The highest BCUT2D eigenvalue weighted by Gasteiger charge is 2.18. The maximum Gasteiger partial charge on any atom is 0.335 e. The molecule has 0 saturated carbocycles. The van der Waals surface area contributed by atoms with Gasteiger partial charge in [0.15, 0.2) is 0 Å². The summed E-state index contributed by atoms with van der Waals surface area (Å²) in [7, 11) is -4.08. The first-order chi connectivity index (χ1) is 10.7. The van der Waals surface area contributed by atoms with E-state index in [1.807, 2.05) is 4.72 Å². The minimum Gasteiger partial charge on any atom is -0.478 e. The lowest BCUT2D eigenvalue weighted by molar-refractivity contribution is -0.490. The Morgan fingerprint density at radius 2 is 1.83 bits per heavy atom. The Morgan fingerprint density at radius 1 is 1.22 bits per heavy atom. The third-order valence-corrected chi connectivity index (χ3v) is 4.64. The minimum absolute atomic E-state index is 0.0763. The summed E-state index contributed by atoms with van der Waals surface area (Å²) in [6.07, 6.45) is 0. The normalized spacial score (nSPS) is 11.4. The van der Waals surface area contributed by atoms with Crippen molar-refractivity contribution in [3.05, 3.63) is 29.8 Å². The highest BCUT2D eigenvalue weighted by atomic mass is 32.2. The second kappa shape index (κ2) is 8.81. The summed E-state index contributed by atoms with van der Waals surface area (Å²) in [5.41, 5.74) is -0.0763. The van der Waals surface area contributed by atoms with Crippen molar-refractivity contribution >= 4 is 33.7 Å². The SMILES string of the molecule is O=C(CSCCON(O)O)NS(=O)(=O)c1ccc(C(=O)O)cc1. The van der Waals surface area contributed by atoms with Crippen molar-refractivity contribution in [3.8, 4) is 0 Å². The average Bonchev–Trinajstić information content (AvgIpc) is 2.46. The molecule has 23 heavy (non-hydrogen) atoms. The van der Waals surface area contributed by atoms with Gasteiger partial charge in [-0.15, -0.1) is 11.8 Å². The summed E-state index contributed by atoms with van der Waals surface area (Å²) >= 11 is 1.02. The van der Waals surface area contributed by atoms with E-state index in [1.54, 1.807) is 0 Å². The molecule has 10 nitrogen and oxygen atoms in total. The van der Waals surface area contributed by atoms with Gasteiger partial charge in [0.05, 0.1) is 28.2 Å². The third kappa shape index (κ3) is 6.94. The van der Waals surface area contributed by atoms with Crippen molar-refractivity contribution in [2.45, 2.75) is 4.90 Å². The quantitative estimate of drug-likeness (QED) is 0.345. The first-order valence-electron chi connectivity index (χ1n) is 6.00. The fraction of sp³-hybridized carbons (Fsp3) is 0.273. The van der Waals surface area contributed by atoms with Crippen molar-refractivity contribution in [1.82, 2.24) is 10.1 Å². The van der Waals surface area contributed by atoms with Gasteiger partial charge in [0.2, 0.25) is 5.91 Å². The van der Waals surface area contributed by atoms with Gasteiger partial charge in [-0.3, -0.25) is 15.2 Å². The number of nitrogens with zero attached hydrogens (tertiary/aromatic N) is 1. The zero-order chi connectivity index (χ0) is 17.5. The number of carbonyl (C=O) groups is 2. The molecule has 1 aromatic rings. The largest absolute Gasteiger partial charge is 0.478 e. The van der Waals surface area contributed by atoms with E-state index < -0.39 is 27.3 Å². The van der Waals surface area contributed by atoms with Crippen LogP contribution in [-0.4, -0.2) is 59.3 Å². The van der Waals surface area contributed by atoms with Gasteiger partial charge >= 0.3 is 5.97 Å². The van der Waals surface area contributed by atoms with Gasteiger partial charge in [-0.05, 0) is 24.3 Å². The molecule has 1 aromatic carbocycles. The number of carboxylic acids is 1. The molecule has 4 N–H and O–H groups in total. The summed E-state index contributed by atoms with van der Waals surface area (Å²) < 4.78 is 25.7. The van der Waals surface area contributed by atoms with E-state index in [9.17, 15) is 18.0 Å². The number of sulfonamides is 1. The molecule has 0 radical (unpaired) electrons. The first kappa shape index (κ1) is 19.3. The molecule has 0 atom stereocenters. The molecular formula is C11H14N2O8S2. The summed E-state index contributed by atoms with van der Waals surface area (Å²) in [4.78, 5) is 26.3. The number of carbonyl (C=O) groups excluding carboxylic acids is 1. The van der Waals surface area contributed by atoms with Gasteiger partial charge in [-0.2, -0.15) is 0 Å². The topological polar surface area (TPSA) is 153 Å². The van der Waals surface area contributed by atoms with E-state index in [1.165, 1.54) is 0 Å². The molecule has 1 amide bonds. The lowest BCUT2D eigenvalue weighted by Crippen LogP contribution is -2.32. The van der Waals surface area contributed by atoms with Crippen molar-refractivity contribution in [2.24, 2.45) is 0 Å². The standard InChI is InChI=1S/C11H14N2O8S2/c14-10(7-22-6-5-21-13(17)18)12-23(19,20)9-3-1-8(2-4-9)11(15)16/h1-4,17-18H,5-7H2,(H,12,14)(H,15,16). The number of hydrogen-bond acceptors (Lipinski definition) is 9. The van der Waals surface area contributed by atoms with Gasteiger partial charge in [-0.1, -0.05) is 0 Å². The van der Waals surface area contributed by atoms with E-state index >= 15 is 0 Å². The van der Waals surface area contributed by atoms with Gasteiger partial charge < -0.3 is 5.11 Å². The summed E-state index contributed by atoms with van der Waals surface area (Å²) in [6.45, 7) is -0.0889. The van der Waals surface area contributed by atoms with Gasteiger partial charge in [0, 0.05) is 5.75 Å². The van der Waals surface area contributed by atoms with E-state index in [2.05, 4.69) is 4.84 Å². The van der Waals surface area contributed by atoms with Gasteiger partial charge in [-0.25, -0.2) is 22.8 Å². The highest BCUT2D eigenvalue weighted by molar-refractivity contribution is 8.00. The second-order valence-electron chi connectivity index (χ2n) is 4.00. The predicted octanol–water partition coefficient (Wildman–Crippen LogP) is -0.0651. The highest BCUT2D eigenvalue weighted by Crippen LogP contribution is 2.11. The Labute approximate surface area is 135 Å². The summed E-state index contributed by atoms with van der Waals surface area (Å²) in [5, 5.41) is 24.8. The fourth-order valence-electron chi connectivity index (χ4n) is 1.36. The van der Waals surface area contributed by atoms with E-state index in [0.29, 0.717) is 0 Å². The predicted molar refractivity (Wildman–Crippen MR) is 77.4 cm³/mol. The van der Waals surface area contributed by atoms with Crippen molar-refractivity contribution in [3.63, 3.8) is 0 Å². The third-order valence-electron chi connectivity index (χ3n) is 2.33. The molecular weight excluding hydrogens is 352 g/mol. The Kier molecular flexibility index (Phi) is 7.41. The van der Waals surface area contributed by atoms with Crippen molar-refractivity contribution in [1.29, 1.82) is 0 Å². The van der Waals surface area contributed by atoms with Crippen LogP contribution in [0.4, 0.5) is 0 Å². The van der Waals surface area contributed by atoms with E-state index in [0.717, 1.165) is 36.0 Å². The Balaban J connectivity index is 2.50. The maximum absolute atomic E-state index is 11.9. The van der Waals surface area contributed by atoms with Crippen LogP contribution in [0.25, 0.3) is 0 Å². The Hall–Kier alpha value is -1.70. The van der Waals surface area contributed by atoms with Crippen LogP contribution in [0.1, 0.15) is 10.4 Å². The van der Waals surface area contributed by atoms with Crippen molar-refractivity contribution < 1.29 is 38.4 Å². The van der Waals surface area contributed by atoms with Crippen LogP contribution < -0.4 is 4.72 Å². The van der Waals surface area contributed by atoms with E-state index in [-0.39, 0.29) is 28.6 Å². The molecule has 0 spiro atoms. The Bertz CT molecular complexity index is 644. The van der Waals surface area contributed by atoms with Crippen LogP contribution in [0.3, 0.4) is 0 Å². The molecule has 0 saturated heterocycles. The molecule has 0 aliphatic heterocycles. The number of amides is 1. The van der Waals surface area contributed by atoms with Crippen molar-refractivity contribution in [2.75, 3.05) is 18.1 Å². The lowest BCUT2D eigenvalue weighted by Gasteiger charge is -2.08. The van der Waals surface area contributed by atoms with Crippen LogP contribution in [0, 0.1) is 0 Å². The number of rotatable bonds is 9. The van der Waals surface area contributed by atoms with Gasteiger partial charge in [0.1, 0.15) is 0 Å². The summed E-state index contributed by atoms with van der Waals surface area (Å²) in [5.74, 6) is -1.94. The summed E-state index contributed by atoms with van der Waals surface area (Å²) in [6, 6.07) is 4.39. The van der Waals surface area contributed by atoms with Crippen LogP contribution >= 0.6 is 11.8 Å². The molecule has 0 heterocycles. The smallest absolute Gasteiger partial charge is 0.335 e. The number of hydrogen-bond donors (Lipinski definition) is 4. The second-order valence-corrected chi connectivity index (χ2v) is 6.78. The molecule has 0 aliphatic carbocycles. The van der Waals surface area contributed by atoms with Crippen LogP contribution in [-0.2, 0) is 19.7 Å². The fourth-order valence-corrected chi connectivity index (χ4v) is 3.03. The minimum atomic E-state index is -4.08. The molecule has 0 aromatic heterocycles. The molecule has 0 fully saturated rings. The number of aromatic carboxylic acids is 1. The van der Waals surface area contributed by atoms with E-state index in [4.69, 9.17) is 15.5 Å². The molecule has 1 rings (SSSR count). The molecule has 12 heteroatoms. The number of nitrogens with one attached hydrogen (secondary N) is 1. The molecule has 0 unspecified atom stereocenters. The lowest BCUT2D eigenvalue weighted by atomic mass is 10.2. The number of carboxylic acid groups (broad SMARTS) is 1. The number of thioether (sulfide) groups is 1. The maximum atomic E-state index is 11.9. The van der Waals surface area contributed by atoms with Crippen LogP contribution in [0.15, 0.2) is 29.2 Å². The van der Waals surface area contributed by atoms with Crippen LogP contribution in [0.5, 0.6) is 0 Å². The van der Waals surface area contributed by atoms with Crippen LogP contribution in [0.2, 0.25) is 0 Å². The zero-order valence-corrected chi connectivity index (χ0v) is 13.2. The number of benzene rings is 1. The average molecular weight is 366 g/mol. The Morgan fingerprint density at radius 3 is 2.35 bits per heavy atom.